The first-order valence-corrected chi connectivity index (χ1v) is 6.17. The van der Waals surface area contributed by atoms with Crippen LogP contribution >= 0.6 is 0 Å². The molecule has 2 N–H and O–H groups in total. The van der Waals surface area contributed by atoms with Crippen molar-refractivity contribution in [1.82, 2.24) is 14.7 Å². The largest absolute Gasteiger partial charge is 0.478 e. The van der Waals surface area contributed by atoms with E-state index in [1.807, 2.05) is 4.40 Å². The summed E-state index contributed by atoms with van der Waals surface area (Å²) in [4.78, 5) is 15.4. The topological polar surface area (TPSA) is 66.6 Å². The number of carboxylic acid groups (broad SMARTS) is 1. The average molecular weight is 245 g/mol. The molecule has 5 heteroatoms. The van der Waals surface area contributed by atoms with Crippen molar-refractivity contribution in [3.63, 3.8) is 0 Å². The van der Waals surface area contributed by atoms with E-state index in [4.69, 9.17) is 5.11 Å². The Morgan fingerprint density at radius 3 is 3.17 bits per heavy atom. The van der Waals surface area contributed by atoms with Crippen LogP contribution in [0.5, 0.6) is 0 Å². The van der Waals surface area contributed by atoms with E-state index in [2.05, 4.69) is 10.3 Å². The van der Waals surface area contributed by atoms with E-state index >= 15 is 0 Å². The summed E-state index contributed by atoms with van der Waals surface area (Å²) in [6.07, 6.45) is 6.64. The van der Waals surface area contributed by atoms with Crippen LogP contribution < -0.4 is 5.32 Å². The monoisotopic (exact) mass is 245 g/mol. The fourth-order valence-corrected chi connectivity index (χ4v) is 2.47. The number of hydrogen-bond donors (Lipinski definition) is 2. The van der Waals surface area contributed by atoms with Crippen molar-refractivity contribution in [2.75, 3.05) is 6.54 Å². The number of carbonyl (C=O) groups is 1. The molecule has 1 aliphatic rings. The lowest BCUT2D eigenvalue weighted by Gasteiger charge is -2.09. The fourth-order valence-electron chi connectivity index (χ4n) is 2.47. The third-order valence-electron chi connectivity index (χ3n) is 3.44. The minimum atomic E-state index is -0.907. The highest BCUT2D eigenvalue weighted by molar-refractivity contribution is 5.87. The van der Waals surface area contributed by atoms with Crippen molar-refractivity contribution in [3.05, 3.63) is 35.9 Å². The molecule has 0 aliphatic carbocycles. The zero-order valence-electron chi connectivity index (χ0n) is 9.97. The predicted octanol–water partition coefficient (Wildman–Crippen LogP) is 1.33. The van der Waals surface area contributed by atoms with E-state index in [1.165, 1.54) is 6.42 Å². The maximum Gasteiger partial charge on any atom is 0.337 e. The van der Waals surface area contributed by atoms with Crippen LogP contribution in [-0.2, 0) is 6.42 Å². The molecule has 1 fully saturated rings. The molecule has 5 nitrogen and oxygen atoms in total. The van der Waals surface area contributed by atoms with Gasteiger partial charge in [-0.2, -0.15) is 0 Å². The molecule has 0 amide bonds. The molecule has 1 atom stereocenters. The van der Waals surface area contributed by atoms with Crippen molar-refractivity contribution < 1.29 is 9.90 Å². The molecule has 2 aromatic rings. The maximum absolute atomic E-state index is 11.0. The molecular weight excluding hydrogens is 230 g/mol. The number of pyridine rings is 1. The van der Waals surface area contributed by atoms with E-state index < -0.39 is 5.97 Å². The molecule has 1 aliphatic heterocycles. The lowest BCUT2D eigenvalue weighted by molar-refractivity contribution is 0.0696. The highest BCUT2D eigenvalue weighted by atomic mass is 16.4. The van der Waals surface area contributed by atoms with Gasteiger partial charge in [0.25, 0.3) is 0 Å². The standard InChI is InChI=1S/C13H15N3O2/c17-13(18)9-3-4-11-7-15-12(16(11)8-9)6-10-2-1-5-14-10/h3-4,7-8,10,14H,1-2,5-6H2,(H,17,18). The SMILES string of the molecule is O=C(O)c1ccc2cnc(CC3CCCN3)n2c1. The van der Waals surface area contributed by atoms with Gasteiger partial charge in [-0.25, -0.2) is 9.78 Å². The van der Waals surface area contributed by atoms with E-state index in [1.54, 1.807) is 24.5 Å². The number of nitrogens with one attached hydrogen (secondary N) is 1. The van der Waals surface area contributed by atoms with Crippen LogP contribution in [0, 0.1) is 0 Å². The smallest absolute Gasteiger partial charge is 0.337 e. The summed E-state index contributed by atoms with van der Waals surface area (Å²) in [5.41, 5.74) is 1.23. The second kappa shape index (κ2) is 4.42. The van der Waals surface area contributed by atoms with Crippen LogP contribution in [0.15, 0.2) is 24.5 Å². The zero-order chi connectivity index (χ0) is 12.5. The molecule has 0 bridgehead atoms. The number of aromatic carboxylic acids is 1. The Labute approximate surface area is 104 Å². The van der Waals surface area contributed by atoms with Gasteiger partial charge in [0, 0.05) is 18.7 Å². The van der Waals surface area contributed by atoms with Gasteiger partial charge in [0.1, 0.15) is 5.82 Å². The Balaban J connectivity index is 1.95. The van der Waals surface area contributed by atoms with Gasteiger partial charge in [-0.1, -0.05) is 0 Å². The highest BCUT2D eigenvalue weighted by Crippen LogP contribution is 2.14. The lowest BCUT2D eigenvalue weighted by atomic mass is 10.1. The molecular formula is C13H15N3O2. The van der Waals surface area contributed by atoms with Crippen molar-refractivity contribution in [2.45, 2.75) is 25.3 Å². The molecule has 2 aromatic heterocycles. The number of nitrogens with zero attached hydrogens (tertiary/aromatic N) is 2. The van der Waals surface area contributed by atoms with Gasteiger partial charge in [-0.3, -0.25) is 0 Å². The number of fused-ring (bicyclic) bond motifs is 1. The molecule has 0 spiro atoms. The summed E-state index contributed by atoms with van der Waals surface area (Å²) in [5.74, 6) is 0.0167. The van der Waals surface area contributed by atoms with Crippen molar-refractivity contribution in [2.24, 2.45) is 0 Å². The second-order valence-electron chi connectivity index (χ2n) is 4.69. The molecule has 1 unspecified atom stereocenters. The van der Waals surface area contributed by atoms with Gasteiger partial charge in [0.05, 0.1) is 17.3 Å². The number of aromatic nitrogens is 2. The van der Waals surface area contributed by atoms with Gasteiger partial charge in [-0.15, -0.1) is 0 Å². The van der Waals surface area contributed by atoms with Gasteiger partial charge in [-0.05, 0) is 31.5 Å². The quantitative estimate of drug-likeness (QED) is 0.856. The second-order valence-corrected chi connectivity index (χ2v) is 4.69. The Morgan fingerprint density at radius 1 is 1.56 bits per heavy atom. The van der Waals surface area contributed by atoms with E-state index in [0.29, 0.717) is 11.6 Å². The molecule has 1 saturated heterocycles. The minimum Gasteiger partial charge on any atom is -0.478 e. The molecule has 94 valence electrons. The van der Waals surface area contributed by atoms with Gasteiger partial charge in [0.2, 0.25) is 0 Å². The van der Waals surface area contributed by atoms with Crippen LogP contribution in [0.3, 0.4) is 0 Å². The summed E-state index contributed by atoms with van der Waals surface area (Å²) in [5, 5.41) is 12.4. The van der Waals surface area contributed by atoms with Crippen molar-refractivity contribution in [3.8, 4) is 0 Å². The summed E-state index contributed by atoms with van der Waals surface area (Å²) in [6, 6.07) is 3.86. The fraction of sp³-hybridized carbons (Fsp3) is 0.385. The van der Waals surface area contributed by atoms with Crippen LogP contribution in [0.4, 0.5) is 0 Å². The Hall–Kier alpha value is -1.88. The Kier molecular flexibility index (Phi) is 2.76. The number of carboxylic acids is 1. The predicted molar refractivity (Wildman–Crippen MR) is 66.9 cm³/mol. The van der Waals surface area contributed by atoms with E-state index in [-0.39, 0.29) is 0 Å². The highest BCUT2D eigenvalue weighted by Gasteiger charge is 2.17. The Bertz CT molecular complexity index is 585. The number of imidazole rings is 1. The van der Waals surface area contributed by atoms with E-state index in [9.17, 15) is 4.79 Å². The van der Waals surface area contributed by atoms with Gasteiger partial charge in [0.15, 0.2) is 0 Å². The molecule has 0 aromatic carbocycles. The summed E-state index contributed by atoms with van der Waals surface area (Å²) >= 11 is 0. The van der Waals surface area contributed by atoms with E-state index in [0.717, 1.165) is 30.7 Å². The average Bonchev–Trinajstić information content (AvgIpc) is 2.99. The third kappa shape index (κ3) is 1.97. The minimum absolute atomic E-state index is 0.293. The van der Waals surface area contributed by atoms with Crippen LogP contribution in [0.2, 0.25) is 0 Å². The third-order valence-corrected chi connectivity index (χ3v) is 3.44. The first-order chi connectivity index (χ1) is 8.74. The first kappa shape index (κ1) is 11.2. The zero-order valence-corrected chi connectivity index (χ0v) is 9.97. The molecule has 18 heavy (non-hydrogen) atoms. The Morgan fingerprint density at radius 2 is 2.44 bits per heavy atom. The normalized spacial score (nSPS) is 19.4. The maximum atomic E-state index is 11.0. The first-order valence-electron chi connectivity index (χ1n) is 6.17. The lowest BCUT2D eigenvalue weighted by Crippen LogP contribution is -2.24. The number of rotatable bonds is 3. The molecule has 0 saturated carbocycles. The summed E-state index contributed by atoms with van der Waals surface area (Å²) < 4.78 is 1.88. The molecule has 3 rings (SSSR count). The van der Waals surface area contributed by atoms with Gasteiger partial charge < -0.3 is 14.8 Å². The van der Waals surface area contributed by atoms with Gasteiger partial charge >= 0.3 is 5.97 Å². The van der Waals surface area contributed by atoms with Crippen LogP contribution in [-0.4, -0.2) is 33.0 Å². The van der Waals surface area contributed by atoms with Crippen molar-refractivity contribution in [1.29, 1.82) is 0 Å². The number of hydrogen-bond acceptors (Lipinski definition) is 3. The van der Waals surface area contributed by atoms with Crippen LogP contribution in [0.1, 0.15) is 29.0 Å². The van der Waals surface area contributed by atoms with Crippen LogP contribution in [0.25, 0.3) is 5.52 Å². The molecule has 3 heterocycles. The van der Waals surface area contributed by atoms with Crippen molar-refractivity contribution >= 4 is 11.5 Å². The molecule has 0 radical (unpaired) electrons. The summed E-state index contributed by atoms with van der Waals surface area (Å²) in [6.45, 7) is 1.06. The summed E-state index contributed by atoms with van der Waals surface area (Å²) in [7, 11) is 0.